The lowest BCUT2D eigenvalue weighted by atomic mass is 10.0. The average Bonchev–Trinajstić information content (AvgIpc) is 2.45. The third kappa shape index (κ3) is 3.73. The Morgan fingerprint density at radius 2 is 1.75 bits per heavy atom. The Hall–Kier alpha value is -2.03. The molecule has 0 aliphatic rings. The molecule has 20 heavy (non-hydrogen) atoms. The van der Waals surface area contributed by atoms with Crippen LogP contribution in [0.5, 0.6) is 5.75 Å². The van der Waals surface area contributed by atoms with Gasteiger partial charge in [-0.25, -0.2) is 4.39 Å². The van der Waals surface area contributed by atoms with Crippen LogP contribution in [0.15, 0.2) is 48.5 Å². The summed E-state index contributed by atoms with van der Waals surface area (Å²) in [6.45, 7) is 5.39. The molecule has 0 bridgehead atoms. The highest BCUT2D eigenvalue weighted by molar-refractivity contribution is 5.52. The Labute approximate surface area is 119 Å². The minimum Gasteiger partial charge on any atom is -0.489 e. The van der Waals surface area contributed by atoms with Gasteiger partial charge >= 0.3 is 0 Å². The maximum atomic E-state index is 13.4. The predicted molar refractivity (Wildman–Crippen MR) is 80.9 cm³/mol. The van der Waals surface area contributed by atoms with E-state index in [1.807, 2.05) is 12.1 Å². The zero-order valence-corrected chi connectivity index (χ0v) is 11.9. The van der Waals surface area contributed by atoms with E-state index in [-0.39, 0.29) is 5.82 Å². The highest BCUT2D eigenvalue weighted by atomic mass is 19.1. The van der Waals surface area contributed by atoms with E-state index < -0.39 is 0 Å². The van der Waals surface area contributed by atoms with Crippen molar-refractivity contribution in [1.82, 2.24) is 0 Å². The Morgan fingerprint density at radius 1 is 1.05 bits per heavy atom. The zero-order chi connectivity index (χ0) is 14.4. The van der Waals surface area contributed by atoms with Crippen molar-refractivity contribution in [2.45, 2.75) is 19.8 Å². The minimum absolute atomic E-state index is 0.298. The molecule has 0 aliphatic heterocycles. The molecule has 0 radical (unpaired) electrons. The van der Waals surface area contributed by atoms with Gasteiger partial charge in [0.25, 0.3) is 0 Å². The van der Waals surface area contributed by atoms with Crippen molar-refractivity contribution in [3.8, 4) is 5.75 Å². The van der Waals surface area contributed by atoms with Gasteiger partial charge in [-0.3, -0.25) is 0 Å². The molecule has 0 aliphatic carbocycles. The SMILES string of the molecule is CC(C)c1ccccc1NCCOc1ccccc1F. The van der Waals surface area contributed by atoms with Crippen LogP contribution in [-0.2, 0) is 0 Å². The van der Waals surface area contributed by atoms with Crippen molar-refractivity contribution >= 4 is 5.69 Å². The molecule has 106 valence electrons. The number of nitrogens with one attached hydrogen (secondary N) is 1. The Balaban J connectivity index is 1.86. The number of para-hydroxylation sites is 2. The van der Waals surface area contributed by atoms with E-state index >= 15 is 0 Å². The Bertz CT molecular complexity index is 554. The molecule has 3 heteroatoms. The molecule has 0 fully saturated rings. The van der Waals surface area contributed by atoms with Gasteiger partial charge < -0.3 is 10.1 Å². The van der Waals surface area contributed by atoms with E-state index in [1.165, 1.54) is 11.6 Å². The zero-order valence-electron chi connectivity index (χ0n) is 11.9. The predicted octanol–water partition coefficient (Wildman–Crippen LogP) is 4.44. The summed E-state index contributed by atoms with van der Waals surface area (Å²) >= 11 is 0. The summed E-state index contributed by atoms with van der Waals surface area (Å²) in [6, 6.07) is 14.7. The summed E-state index contributed by atoms with van der Waals surface area (Å²) in [6.07, 6.45) is 0. The van der Waals surface area contributed by atoms with Crippen molar-refractivity contribution in [3.05, 3.63) is 59.9 Å². The minimum atomic E-state index is -0.324. The molecule has 1 N–H and O–H groups in total. The maximum absolute atomic E-state index is 13.4. The third-order valence-electron chi connectivity index (χ3n) is 3.09. The topological polar surface area (TPSA) is 21.3 Å². The van der Waals surface area contributed by atoms with Crippen LogP contribution in [0.3, 0.4) is 0 Å². The van der Waals surface area contributed by atoms with Crippen LogP contribution in [0.2, 0.25) is 0 Å². The molecule has 0 unspecified atom stereocenters. The van der Waals surface area contributed by atoms with Crippen LogP contribution in [0.1, 0.15) is 25.3 Å². The van der Waals surface area contributed by atoms with Gasteiger partial charge in [0, 0.05) is 12.2 Å². The second-order valence-corrected chi connectivity index (χ2v) is 4.95. The van der Waals surface area contributed by atoms with Crippen molar-refractivity contribution < 1.29 is 9.13 Å². The molecule has 0 spiro atoms. The molecule has 2 aromatic rings. The molecule has 0 amide bonds. The normalized spacial score (nSPS) is 10.6. The fourth-order valence-corrected chi connectivity index (χ4v) is 2.07. The van der Waals surface area contributed by atoms with Crippen LogP contribution < -0.4 is 10.1 Å². The summed E-state index contributed by atoms with van der Waals surface area (Å²) in [5.74, 6) is 0.438. The first-order valence-electron chi connectivity index (χ1n) is 6.88. The van der Waals surface area contributed by atoms with Crippen molar-refractivity contribution in [2.75, 3.05) is 18.5 Å². The molecule has 0 atom stereocenters. The van der Waals surface area contributed by atoms with Crippen molar-refractivity contribution in [2.24, 2.45) is 0 Å². The smallest absolute Gasteiger partial charge is 0.165 e. The maximum Gasteiger partial charge on any atom is 0.165 e. The first-order valence-corrected chi connectivity index (χ1v) is 6.88. The van der Waals surface area contributed by atoms with Crippen molar-refractivity contribution in [3.63, 3.8) is 0 Å². The summed E-state index contributed by atoms with van der Waals surface area (Å²) < 4.78 is 18.8. The second kappa shape index (κ2) is 6.94. The van der Waals surface area contributed by atoms with E-state index in [0.29, 0.717) is 24.8 Å². The monoisotopic (exact) mass is 273 g/mol. The summed E-state index contributed by atoms with van der Waals surface area (Å²) in [7, 11) is 0. The number of rotatable bonds is 6. The Kier molecular flexibility index (Phi) is 4.99. The largest absolute Gasteiger partial charge is 0.489 e. The molecule has 0 aromatic heterocycles. The second-order valence-electron chi connectivity index (χ2n) is 4.95. The molecule has 2 aromatic carbocycles. The van der Waals surface area contributed by atoms with Crippen LogP contribution >= 0.6 is 0 Å². The molecular weight excluding hydrogens is 253 g/mol. The van der Waals surface area contributed by atoms with E-state index in [0.717, 1.165) is 5.69 Å². The van der Waals surface area contributed by atoms with Gasteiger partial charge in [-0.05, 0) is 29.7 Å². The fourth-order valence-electron chi connectivity index (χ4n) is 2.07. The molecule has 2 nitrogen and oxygen atoms in total. The molecule has 0 saturated heterocycles. The van der Waals surface area contributed by atoms with E-state index in [4.69, 9.17) is 4.74 Å². The van der Waals surface area contributed by atoms with Gasteiger partial charge in [0.1, 0.15) is 6.61 Å². The molecule has 2 rings (SSSR count). The van der Waals surface area contributed by atoms with Crippen LogP contribution in [-0.4, -0.2) is 13.2 Å². The van der Waals surface area contributed by atoms with Crippen LogP contribution in [0, 0.1) is 5.82 Å². The van der Waals surface area contributed by atoms with Gasteiger partial charge in [0.2, 0.25) is 0 Å². The quantitative estimate of drug-likeness (QED) is 0.786. The van der Waals surface area contributed by atoms with Crippen molar-refractivity contribution in [1.29, 1.82) is 0 Å². The lowest BCUT2D eigenvalue weighted by molar-refractivity contribution is 0.315. The van der Waals surface area contributed by atoms with Gasteiger partial charge in [0.05, 0.1) is 0 Å². The lowest BCUT2D eigenvalue weighted by Gasteiger charge is -2.15. The number of hydrogen-bond donors (Lipinski definition) is 1. The van der Waals surface area contributed by atoms with Gasteiger partial charge in [-0.2, -0.15) is 0 Å². The first kappa shape index (κ1) is 14.4. The summed E-state index contributed by atoms with van der Waals surface area (Å²) in [4.78, 5) is 0. The highest BCUT2D eigenvalue weighted by Gasteiger charge is 2.05. The van der Waals surface area contributed by atoms with E-state index in [1.54, 1.807) is 18.2 Å². The molecular formula is C17H20FNO. The standard InChI is InChI=1S/C17H20FNO/c1-13(2)14-7-3-5-9-16(14)19-11-12-20-17-10-6-4-8-15(17)18/h3-10,13,19H,11-12H2,1-2H3. The number of halogens is 1. The number of anilines is 1. The summed E-state index contributed by atoms with van der Waals surface area (Å²) in [5.41, 5.74) is 2.39. The summed E-state index contributed by atoms with van der Waals surface area (Å²) in [5, 5.41) is 3.34. The Morgan fingerprint density at radius 3 is 2.50 bits per heavy atom. The first-order chi connectivity index (χ1) is 9.68. The third-order valence-corrected chi connectivity index (χ3v) is 3.09. The van der Waals surface area contributed by atoms with Crippen LogP contribution in [0.25, 0.3) is 0 Å². The number of ether oxygens (including phenoxy) is 1. The van der Waals surface area contributed by atoms with E-state index in [9.17, 15) is 4.39 Å². The lowest BCUT2D eigenvalue weighted by Crippen LogP contribution is -2.13. The van der Waals surface area contributed by atoms with Crippen LogP contribution in [0.4, 0.5) is 10.1 Å². The molecule has 0 heterocycles. The van der Waals surface area contributed by atoms with E-state index in [2.05, 4.69) is 31.3 Å². The number of benzene rings is 2. The average molecular weight is 273 g/mol. The highest BCUT2D eigenvalue weighted by Crippen LogP contribution is 2.23. The van der Waals surface area contributed by atoms with Gasteiger partial charge in [-0.1, -0.05) is 44.2 Å². The van der Waals surface area contributed by atoms with Gasteiger partial charge in [0.15, 0.2) is 11.6 Å². The fraction of sp³-hybridized carbons (Fsp3) is 0.294. The molecule has 0 saturated carbocycles. The van der Waals surface area contributed by atoms with Gasteiger partial charge in [-0.15, -0.1) is 0 Å². The number of hydrogen-bond acceptors (Lipinski definition) is 2.